The molecule has 0 saturated heterocycles. The van der Waals surface area contributed by atoms with Crippen LogP contribution in [0.3, 0.4) is 0 Å². The molecular weight excluding hydrogens is 374 g/mol. The third-order valence-electron chi connectivity index (χ3n) is 4.38. The van der Waals surface area contributed by atoms with E-state index in [4.69, 9.17) is 4.74 Å². The van der Waals surface area contributed by atoms with E-state index in [1.165, 1.54) is 29.2 Å². The molecule has 0 fully saturated rings. The van der Waals surface area contributed by atoms with Crippen molar-refractivity contribution in [3.05, 3.63) is 70.3 Å². The van der Waals surface area contributed by atoms with Crippen molar-refractivity contribution in [1.82, 2.24) is 5.32 Å². The fourth-order valence-corrected chi connectivity index (χ4v) is 2.94. The summed E-state index contributed by atoms with van der Waals surface area (Å²) >= 11 is 0. The number of nitro groups is 1. The van der Waals surface area contributed by atoms with E-state index < -0.39 is 11.0 Å². The molecule has 2 amide bonds. The van der Waals surface area contributed by atoms with Crippen molar-refractivity contribution in [1.29, 1.82) is 0 Å². The zero-order valence-corrected chi connectivity index (χ0v) is 15.9. The number of rotatable bonds is 6. The Balaban J connectivity index is 1.81. The maximum Gasteiger partial charge on any atom is 0.270 e. The number of non-ortho nitro benzene ring substituents is 1. The monoisotopic (exact) mass is 395 g/mol. The minimum Gasteiger partial charge on any atom is -0.477 e. The average Bonchev–Trinajstić information content (AvgIpc) is 2.75. The highest BCUT2D eigenvalue weighted by molar-refractivity contribution is 6.05. The van der Waals surface area contributed by atoms with Crippen LogP contribution in [-0.4, -0.2) is 35.9 Å². The molecule has 8 heteroatoms. The van der Waals surface area contributed by atoms with E-state index in [-0.39, 0.29) is 24.0 Å². The number of para-hydroxylation sites is 2. The zero-order valence-electron chi connectivity index (χ0n) is 15.9. The van der Waals surface area contributed by atoms with Gasteiger partial charge >= 0.3 is 0 Å². The third-order valence-corrected chi connectivity index (χ3v) is 4.38. The van der Waals surface area contributed by atoms with Crippen molar-refractivity contribution in [3.8, 4) is 5.75 Å². The molecule has 0 aromatic heterocycles. The van der Waals surface area contributed by atoms with Crippen LogP contribution in [0, 0.1) is 10.1 Å². The highest BCUT2D eigenvalue weighted by Gasteiger charge is 2.32. The largest absolute Gasteiger partial charge is 0.477 e. The zero-order chi connectivity index (χ0) is 20.8. The lowest BCUT2D eigenvalue weighted by Gasteiger charge is -2.33. The molecule has 0 aliphatic carbocycles. The Morgan fingerprint density at radius 2 is 2.07 bits per heavy atom. The van der Waals surface area contributed by atoms with Gasteiger partial charge in [-0.25, -0.2) is 0 Å². The van der Waals surface area contributed by atoms with E-state index in [0.29, 0.717) is 23.5 Å². The molecule has 2 aromatic carbocycles. The predicted molar refractivity (Wildman–Crippen MR) is 109 cm³/mol. The normalized spacial score (nSPS) is 15.5. The van der Waals surface area contributed by atoms with Gasteiger partial charge in [0.1, 0.15) is 5.75 Å². The topological polar surface area (TPSA) is 102 Å². The lowest BCUT2D eigenvalue weighted by Crippen LogP contribution is -2.50. The van der Waals surface area contributed by atoms with E-state index in [2.05, 4.69) is 5.32 Å². The standard InChI is InChI=1S/C21H21N3O5/c1-2-12-22-21(26)19-14-23(17-8-3-4-9-18(17)29-19)20(25)11-10-15-6-5-7-16(13-15)24(27)28/h3-11,13,19H,2,12,14H2,1H3,(H,22,26)/b11-10+/t19-/m0/s1. The molecule has 1 N–H and O–H groups in total. The van der Waals surface area contributed by atoms with Crippen LogP contribution in [0.15, 0.2) is 54.6 Å². The number of hydrogen-bond donors (Lipinski definition) is 1. The molecule has 29 heavy (non-hydrogen) atoms. The summed E-state index contributed by atoms with van der Waals surface area (Å²) < 4.78 is 5.77. The van der Waals surface area contributed by atoms with Gasteiger partial charge in [-0.1, -0.05) is 31.2 Å². The van der Waals surface area contributed by atoms with Crippen molar-refractivity contribution in [2.45, 2.75) is 19.4 Å². The molecule has 2 aromatic rings. The first-order chi connectivity index (χ1) is 14.0. The highest BCUT2D eigenvalue weighted by atomic mass is 16.6. The molecule has 1 atom stereocenters. The van der Waals surface area contributed by atoms with Crippen LogP contribution in [0.5, 0.6) is 5.75 Å². The molecule has 1 aliphatic rings. The molecule has 150 valence electrons. The first kappa shape index (κ1) is 20.1. The molecule has 1 heterocycles. The van der Waals surface area contributed by atoms with Crippen LogP contribution in [0.4, 0.5) is 11.4 Å². The number of fused-ring (bicyclic) bond motifs is 1. The fraction of sp³-hybridized carbons (Fsp3) is 0.238. The SMILES string of the molecule is CCCNC(=O)[C@@H]1CN(C(=O)/C=C/c2cccc([N+](=O)[O-])c2)c2ccccc2O1. The second-order valence-electron chi connectivity index (χ2n) is 6.50. The number of ether oxygens (including phenoxy) is 1. The fourth-order valence-electron chi connectivity index (χ4n) is 2.94. The van der Waals surface area contributed by atoms with Crippen LogP contribution in [0.25, 0.3) is 6.08 Å². The van der Waals surface area contributed by atoms with Gasteiger partial charge in [0.2, 0.25) is 0 Å². The molecule has 0 bridgehead atoms. The Kier molecular flexibility index (Phi) is 6.23. The summed E-state index contributed by atoms with van der Waals surface area (Å²) in [6.07, 6.45) is 2.83. The minimum absolute atomic E-state index is 0.0519. The number of hydrogen-bond acceptors (Lipinski definition) is 5. The summed E-state index contributed by atoms with van der Waals surface area (Å²) in [5.74, 6) is -0.171. The number of carbonyl (C=O) groups excluding carboxylic acids is 2. The molecule has 8 nitrogen and oxygen atoms in total. The second kappa shape index (κ2) is 9.01. The number of benzene rings is 2. The van der Waals surface area contributed by atoms with Crippen LogP contribution < -0.4 is 15.0 Å². The number of anilines is 1. The van der Waals surface area contributed by atoms with Gasteiger partial charge < -0.3 is 15.0 Å². The Bertz CT molecular complexity index is 957. The summed E-state index contributed by atoms with van der Waals surface area (Å²) in [4.78, 5) is 37.1. The maximum absolute atomic E-state index is 12.9. The van der Waals surface area contributed by atoms with Gasteiger partial charge in [0.25, 0.3) is 17.5 Å². The molecule has 0 spiro atoms. The summed E-state index contributed by atoms with van der Waals surface area (Å²) in [5.41, 5.74) is 1.05. The van der Waals surface area contributed by atoms with Gasteiger partial charge in [-0.15, -0.1) is 0 Å². The van der Waals surface area contributed by atoms with Crippen molar-refractivity contribution < 1.29 is 19.2 Å². The van der Waals surface area contributed by atoms with Crippen molar-refractivity contribution >= 4 is 29.3 Å². The van der Waals surface area contributed by atoms with E-state index in [9.17, 15) is 19.7 Å². The average molecular weight is 395 g/mol. The number of amides is 2. The van der Waals surface area contributed by atoms with E-state index in [0.717, 1.165) is 6.42 Å². The van der Waals surface area contributed by atoms with Gasteiger partial charge in [-0.3, -0.25) is 19.7 Å². The molecule has 3 rings (SSSR count). The van der Waals surface area contributed by atoms with Gasteiger partial charge in [0, 0.05) is 24.8 Å². The molecule has 1 aliphatic heterocycles. The lowest BCUT2D eigenvalue weighted by molar-refractivity contribution is -0.384. The second-order valence-corrected chi connectivity index (χ2v) is 6.50. The maximum atomic E-state index is 12.9. The summed E-state index contributed by atoms with van der Waals surface area (Å²) in [6, 6.07) is 13.0. The van der Waals surface area contributed by atoms with Gasteiger partial charge in [-0.05, 0) is 30.2 Å². The van der Waals surface area contributed by atoms with E-state index in [1.54, 1.807) is 36.4 Å². The summed E-state index contributed by atoms with van der Waals surface area (Å²) in [6.45, 7) is 2.55. The molecule has 0 saturated carbocycles. The summed E-state index contributed by atoms with van der Waals surface area (Å²) in [7, 11) is 0. The van der Waals surface area contributed by atoms with Crippen molar-refractivity contribution in [3.63, 3.8) is 0 Å². The minimum atomic E-state index is -0.813. The van der Waals surface area contributed by atoms with Crippen LogP contribution in [0.2, 0.25) is 0 Å². The third kappa shape index (κ3) is 4.78. The van der Waals surface area contributed by atoms with Crippen LogP contribution in [0.1, 0.15) is 18.9 Å². The Hall–Kier alpha value is -3.68. The number of carbonyl (C=O) groups is 2. The van der Waals surface area contributed by atoms with E-state index in [1.807, 2.05) is 6.92 Å². The van der Waals surface area contributed by atoms with Crippen molar-refractivity contribution in [2.75, 3.05) is 18.0 Å². The van der Waals surface area contributed by atoms with Gasteiger partial charge in [0.05, 0.1) is 17.2 Å². The number of nitro benzene ring substituents is 1. The number of nitrogens with zero attached hydrogens (tertiary/aromatic N) is 2. The summed E-state index contributed by atoms with van der Waals surface area (Å²) in [5, 5.41) is 13.7. The lowest BCUT2D eigenvalue weighted by atomic mass is 10.1. The first-order valence-corrected chi connectivity index (χ1v) is 9.27. The van der Waals surface area contributed by atoms with Crippen LogP contribution >= 0.6 is 0 Å². The van der Waals surface area contributed by atoms with E-state index >= 15 is 0 Å². The van der Waals surface area contributed by atoms with Crippen molar-refractivity contribution in [2.24, 2.45) is 0 Å². The molecular formula is C21H21N3O5. The predicted octanol–water partition coefficient (Wildman–Crippen LogP) is 2.93. The highest BCUT2D eigenvalue weighted by Crippen LogP contribution is 2.33. The Morgan fingerprint density at radius 1 is 1.28 bits per heavy atom. The molecule has 0 unspecified atom stereocenters. The number of nitrogens with one attached hydrogen (secondary N) is 1. The quantitative estimate of drug-likeness (QED) is 0.460. The first-order valence-electron chi connectivity index (χ1n) is 9.27. The van der Waals surface area contributed by atoms with Gasteiger partial charge in [0.15, 0.2) is 6.10 Å². The smallest absolute Gasteiger partial charge is 0.270 e. The van der Waals surface area contributed by atoms with Gasteiger partial charge in [-0.2, -0.15) is 0 Å². The molecule has 0 radical (unpaired) electrons. The Morgan fingerprint density at radius 3 is 2.83 bits per heavy atom. The van der Waals surface area contributed by atoms with Crippen LogP contribution in [-0.2, 0) is 9.59 Å². The Labute approximate surface area is 167 Å².